The van der Waals surface area contributed by atoms with Gasteiger partial charge in [0.1, 0.15) is 5.69 Å². The summed E-state index contributed by atoms with van der Waals surface area (Å²) in [4.78, 5) is 45.1. The smallest absolute Gasteiger partial charge is 0.274 e. The van der Waals surface area contributed by atoms with Crippen LogP contribution in [0.15, 0.2) is 42.6 Å². The molecule has 2 fully saturated rings. The minimum Gasteiger partial charge on any atom is -0.374 e. The van der Waals surface area contributed by atoms with E-state index in [-0.39, 0.29) is 29.9 Å². The molecule has 2 saturated heterocycles. The summed E-state index contributed by atoms with van der Waals surface area (Å²) in [7, 11) is 1.76. The van der Waals surface area contributed by atoms with Gasteiger partial charge in [0.15, 0.2) is 0 Å². The maximum atomic E-state index is 13.1. The summed E-state index contributed by atoms with van der Waals surface area (Å²) >= 11 is 0. The van der Waals surface area contributed by atoms with E-state index >= 15 is 0 Å². The number of nitrogens with zero attached hydrogens (tertiary/aromatic N) is 3. The first-order valence-electron chi connectivity index (χ1n) is 9.93. The monoisotopic (exact) mass is 408 g/mol. The number of aromatic nitrogens is 1. The van der Waals surface area contributed by atoms with E-state index in [1.807, 2.05) is 13.0 Å². The summed E-state index contributed by atoms with van der Waals surface area (Å²) in [6.45, 7) is 3.10. The lowest BCUT2D eigenvalue weighted by molar-refractivity contribution is -0.131. The standard InChI is InChI=1S/C22H24N4O4/c1-14-6-7-15(11-17(14)24-21(28)16-5-3-4-9-23-16)22(29)26-12-18-19(13-26)30-10-8-20(27)25(18)2/h3-7,9,11,18-19H,8,10,12-13H2,1-2H3,(H,24,28)/t18-,19-/m0/s1. The molecule has 0 unspecified atom stereocenters. The number of amides is 3. The van der Waals surface area contributed by atoms with Gasteiger partial charge in [0, 0.05) is 37.6 Å². The Labute approximate surface area is 174 Å². The Kier molecular flexibility index (Phi) is 5.50. The maximum Gasteiger partial charge on any atom is 0.274 e. The number of aryl methyl sites for hydroxylation is 1. The SMILES string of the molecule is Cc1ccc(C(=O)N2C[C@@H]3OCCC(=O)N(C)[C@H]3C2)cc1NC(=O)c1ccccn1. The molecule has 2 aliphatic heterocycles. The Bertz CT molecular complexity index is 978. The number of rotatable bonds is 3. The van der Waals surface area contributed by atoms with Crippen molar-refractivity contribution in [3.05, 3.63) is 59.4 Å². The third kappa shape index (κ3) is 3.91. The fourth-order valence-electron chi connectivity index (χ4n) is 3.87. The van der Waals surface area contributed by atoms with Crippen molar-refractivity contribution in [1.82, 2.24) is 14.8 Å². The van der Waals surface area contributed by atoms with Crippen LogP contribution in [0.25, 0.3) is 0 Å². The summed E-state index contributed by atoms with van der Waals surface area (Å²) in [6, 6.07) is 10.2. The summed E-state index contributed by atoms with van der Waals surface area (Å²) in [5.41, 5.74) is 2.19. The van der Waals surface area contributed by atoms with Gasteiger partial charge in [-0.25, -0.2) is 0 Å². The van der Waals surface area contributed by atoms with Crippen molar-refractivity contribution in [2.75, 3.05) is 32.1 Å². The molecule has 156 valence electrons. The van der Waals surface area contributed by atoms with Crippen LogP contribution in [0, 0.1) is 6.92 Å². The second-order valence-electron chi connectivity index (χ2n) is 7.64. The largest absolute Gasteiger partial charge is 0.374 e. The third-order valence-corrected chi connectivity index (χ3v) is 5.69. The zero-order valence-electron chi connectivity index (χ0n) is 17.0. The number of anilines is 1. The minimum absolute atomic E-state index is 0.0339. The van der Waals surface area contributed by atoms with E-state index in [1.165, 1.54) is 0 Å². The highest BCUT2D eigenvalue weighted by atomic mass is 16.5. The normalized spacial score (nSPS) is 21.2. The fourth-order valence-corrected chi connectivity index (χ4v) is 3.87. The first-order chi connectivity index (χ1) is 14.4. The Hall–Kier alpha value is -3.26. The van der Waals surface area contributed by atoms with Crippen molar-refractivity contribution in [1.29, 1.82) is 0 Å². The van der Waals surface area contributed by atoms with Gasteiger partial charge < -0.3 is 19.9 Å². The van der Waals surface area contributed by atoms with E-state index in [0.29, 0.717) is 43.1 Å². The summed E-state index contributed by atoms with van der Waals surface area (Å²) in [6.07, 6.45) is 1.74. The van der Waals surface area contributed by atoms with Gasteiger partial charge in [-0.05, 0) is 36.8 Å². The molecular weight excluding hydrogens is 384 g/mol. The average molecular weight is 408 g/mol. The highest BCUT2D eigenvalue weighted by Gasteiger charge is 2.41. The van der Waals surface area contributed by atoms with E-state index in [0.717, 1.165) is 5.56 Å². The summed E-state index contributed by atoms with van der Waals surface area (Å²) in [5.74, 6) is -0.451. The number of hydrogen-bond donors (Lipinski definition) is 1. The molecule has 0 saturated carbocycles. The van der Waals surface area contributed by atoms with Crippen LogP contribution in [0.5, 0.6) is 0 Å². The molecule has 0 bridgehead atoms. The van der Waals surface area contributed by atoms with E-state index in [4.69, 9.17) is 4.74 Å². The zero-order chi connectivity index (χ0) is 21.3. The van der Waals surface area contributed by atoms with E-state index in [1.54, 1.807) is 53.4 Å². The number of carbonyl (C=O) groups excluding carboxylic acids is 3. The molecule has 1 aromatic heterocycles. The molecule has 0 spiro atoms. The lowest BCUT2D eigenvalue weighted by atomic mass is 10.1. The second kappa shape index (κ2) is 8.23. The lowest BCUT2D eigenvalue weighted by Gasteiger charge is -2.25. The highest BCUT2D eigenvalue weighted by molar-refractivity contribution is 6.04. The van der Waals surface area contributed by atoms with Gasteiger partial charge in [-0.15, -0.1) is 0 Å². The molecule has 0 aliphatic carbocycles. The van der Waals surface area contributed by atoms with Crippen molar-refractivity contribution >= 4 is 23.4 Å². The molecule has 0 radical (unpaired) electrons. The number of fused-ring (bicyclic) bond motifs is 1. The third-order valence-electron chi connectivity index (χ3n) is 5.69. The Morgan fingerprint density at radius 2 is 2.03 bits per heavy atom. The number of hydrogen-bond acceptors (Lipinski definition) is 5. The van der Waals surface area contributed by atoms with Crippen LogP contribution in [0.4, 0.5) is 5.69 Å². The Morgan fingerprint density at radius 1 is 1.20 bits per heavy atom. The molecule has 4 rings (SSSR count). The van der Waals surface area contributed by atoms with Crippen LogP contribution in [0.2, 0.25) is 0 Å². The van der Waals surface area contributed by atoms with E-state index in [2.05, 4.69) is 10.3 Å². The predicted octanol–water partition coefficient (Wildman–Crippen LogP) is 1.71. The van der Waals surface area contributed by atoms with Crippen LogP contribution < -0.4 is 5.32 Å². The molecule has 2 atom stereocenters. The van der Waals surface area contributed by atoms with Gasteiger partial charge in [0.25, 0.3) is 11.8 Å². The first-order valence-corrected chi connectivity index (χ1v) is 9.93. The predicted molar refractivity (Wildman–Crippen MR) is 110 cm³/mol. The minimum atomic E-state index is -0.333. The number of likely N-dealkylation sites (N-methyl/N-ethyl adjacent to an activating group) is 1. The van der Waals surface area contributed by atoms with Crippen LogP contribution >= 0.6 is 0 Å². The topological polar surface area (TPSA) is 91.8 Å². The average Bonchev–Trinajstić information content (AvgIpc) is 3.13. The summed E-state index contributed by atoms with van der Waals surface area (Å²) < 4.78 is 5.81. The first kappa shape index (κ1) is 20.0. The molecule has 3 amide bonds. The Morgan fingerprint density at radius 3 is 2.80 bits per heavy atom. The Balaban J connectivity index is 1.51. The van der Waals surface area contributed by atoms with Crippen LogP contribution in [-0.4, -0.2) is 71.4 Å². The van der Waals surface area contributed by atoms with Gasteiger partial charge >= 0.3 is 0 Å². The zero-order valence-corrected chi connectivity index (χ0v) is 17.0. The van der Waals surface area contributed by atoms with Gasteiger partial charge in [-0.3, -0.25) is 19.4 Å². The van der Waals surface area contributed by atoms with Crippen LogP contribution in [-0.2, 0) is 9.53 Å². The van der Waals surface area contributed by atoms with Crippen molar-refractivity contribution in [3.63, 3.8) is 0 Å². The number of benzene rings is 1. The molecule has 1 N–H and O–H groups in total. The van der Waals surface area contributed by atoms with Crippen molar-refractivity contribution < 1.29 is 19.1 Å². The molecule has 8 nitrogen and oxygen atoms in total. The van der Waals surface area contributed by atoms with Gasteiger partial charge in [0.05, 0.1) is 25.2 Å². The second-order valence-corrected chi connectivity index (χ2v) is 7.64. The number of likely N-dealkylation sites (tertiary alicyclic amines) is 1. The highest BCUT2D eigenvalue weighted by Crippen LogP contribution is 2.25. The molecule has 8 heteroatoms. The lowest BCUT2D eigenvalue weighted by Crippen LogP contribution is -2.43. The van der Waals surface area contributed by atoms with Gasteiger partial charge in [0.2, 0.25) is 5.91 Å². The molecular formula is C22H24N4O4. The quantitative estimate of drug-likeness (QED) is 0.835. The number of ether oxygens (including phenoxy) is 1. The molecule has 30 heavy (non-hydrogen) atoms. The maximum absolute atomic E-state index is 13.1. The number of nitrogens with one attached hydrogen (secondary N) is 1. The molecule has 3 heterocycles. The summed E-state index contributed by atoms with van der Waals surface area (Å²) in [5, 5.41) is 2.83. The van der Waals surface area contributed by atoms with Crippen molar-refractivity contribution in [2.24, 2.45) is 0 Å². The van der Waals surface area contributed by atoms with E-state index in [9.17, 15) is 14.4 Å². The van der Waals surface area contributed by atoms with Gasteiger partial charge in [-0.2, -0.15) is 0 Å². The molecule has 1 aromatic carbocycles. The van der Waals surface area contributed by atoms with Crippen molar-refractivity contribution in [3.8, 4) is 0 Å². The van der Waals surface area contributed by atoms with E-state index < -0.39 is 0 Å². The number of carbonyl (C=O) groups is 3. The fraction of sp³-hybridized carbons (Fsp3) is 0.364. The molecule has 2 aromatic rings. The van der Waals surface area contributed by atoms with Gasteiger partial charge in [-0.1, -0.05) is 12.1 Å². The number of pyridine rings is 1. The molecule has 2 aliphatic rings. The van der Waals surface area contributed by atoms with Crippen LogP contribution in [0.3, 0.4) is 0 Å². The van der Waals surface area contributed by atoms with Crippen LogP contribution in [0.1, 0.15) is 32.8 Å². The van der Waals surface area contributed by atoms with Crippen molar-refractivity contribution in [2.45, 2.75) is 25.5 Å².